The third-order valence-electron chi connectivity index (χ3n) is 7.05. The largest absolute Gasteiger partial charge is 0.464 e. The van der Waals surface area contributed by atoms with Gasteiger partial charge < -0.3 is 15.8 Å². The van der Waals surface area contributed by atoms with E-state index in [4.69, 9.17) is 39.5 Å². The van der Waals surface area contributed by atoms with Gasteiger partial charge in [0.1, 0.15) is 17.9 Å². The smallest absolute Gasteiger partial charge is 0.328 e. The molecule has 0 heterocycles. The number of hydrazine groups is 1. The average Bonchev–Trinajstić information content (AvgIpc) is 2.95. The number of thioether (sulfide) groups is 1. The minimum absolute atomic E-state index is 0.0929. The van der Waals surface area contributed by atoms with E-state index in [2.05, 4.69) is 5.32 Å². The van der Waals surface area contributed by atoms with Crippen molar-refractivity contribution >= 4 is 52.7 Å². The number of halogens is 3. The molecule has 41 heavy (non-hydrogen) atoms. The first-order chi connectivity index (χ1) is 19.6. The maximum Gasteiger partial charge on any atom is 0.328 e. The van der Waals surface area contributed by atoms with E-state index < -0.39 is 47.1 Å². The van der Waals surface area contributed by atoms with Gasteiger partial charge in [0.05, 0.1) is 12.6 Å². The summed E-state index contributed by atoms with van der Waals surface area (Å²) < 4.78 is 18.5. The third kappa shape index (κ3) is 10.9. The number of benzene rings is 1. The lowest BCUT2D eigenvalue weighted by atomic mass is 9.71. The number of carbonyl (C=O) groups excluding carboxylic acids is 3. The van der Waals surface area contributed by atoms with Gasteiger partial charge in [-0.3, -0.25) is 14.6 Å². The van der Waals surface area contributed by atoms with Crippen LogP contribution >= 0.6 is 35.0 Å². The summed E-state index contributed by atoms with van der Waals surface area (Å²) in [5.74, 6) is 5.53. The summed E-state index contributed by atoms with van der Waals surface area (Å²) in [6, 6.07) is 2.47. The van der Waals surface area contributed by atoms with Crippen LogP contribution in [-0.4, -0.2) is 71.3 Å². The molecule has 1 aliphatic rings. The standard InChI is InChI=1S/C29H41Cl2FN4O4S/c1-3-40-28(39)24(11-16-41-2)35-26(37)25(19-29(13-15-31)12-4-5-21(18-29)10-14-30)36(34)27(38)23(33)17-20-6-8-22(32)9-7-20/h4-9,12,23-25H,3,10-11,13-19,33-34H2,1-2H3,(H,35,37)/t23-,24-,25-,29?/m0/s1. The molecule has 1 aromatic rings. The number of hydrogen-bond donors (Lipinski definition) is 3. The fourth-order valence-electron chi connectivity index (χ4n) is 4.86. The Morgan fingerprint density at radius 2 is 1.93 bits per heavy atom. The van der Waals surface area contributed by atoms with E-state index >= 15 is 0 Å². The van der Waals surface area contributed by atoms with Gasteiger partial charge in [-0.1, -0.05) is 35.9 Å². The molecule has 0 saturated heterocycles. The maximum absolute atomic E-state index is 13.8. The molecule has 0 saturated carbocycles. The zero-order chi connectivity index (χ0) is 30.4. The molecule has 5 N–H and O–H groups in total. The van der Waals surface area contributed by atoms with E-state index in [1.807, 2.05) is 24.5 Å². The van der Waals surface area contributed by atoms with Gasteiger partial charge in [0.25, 0.3) is 5.91 Å². The first kappa shape index (κ1) is 35.1. The van der Waals surface area contributed by atoms with Crippen molar-refractivity contribution in [3.63, 3.8) is 0 Å². The van der Waals surface area contributed by atoms with E-state index in [0.29, 0.717) is 48.8 Å². The lowest BCUT2D eigenvalue weighted by Crippen LogP contribution is -2.60. The Bertz CT molecular complexity index is 1080. The molecule has 2 amide bonds. The molecular weight excluding hydrogens is 590 g/mol. The van der Waals surface area contributed by atoms with E-state index in [-0.39, 0.29) is 19.4 Å². The van der Waals surface area contributed by atoms with Crippen LogP contribution in [0, 0.1) is 11.2 Å². The number of carbonyl (C=O) groups is 3. The van der Waals surface area contributed by atoms with Crippen molar-refractivity contribution in [3.05, 3.63) is 59.4 Å². The zero-order valence-corrected chi connectivity index (χ0v) is 25.9. The van der Waals surface area contributed by atoms with Crippen LogP contribution in [0.15, 0.2) is 48.1 Å². The van der Waals surface area contributed by atoms with Crippen LogP contribution in [0.2, 0.25) is 0 Å². The molecule has 0 radical (unpaired) electrons. The molecular formula is C29H41Cl2FN4O4S. The van der Waals surface area contributed by atoms with Gasteiger partial charge in [0.15, 0.2) is 0 Å². The van der Waals surface area contributed by atoms with Crippen molar-refractivity contribution in [2.45, 2.75) is 63.6 Å². The SMILES string of the molecule is CCOC(=O)[C@H](CCSC)NC(=O)[C@H](CC1(CCCl)C=CC=C(CCCl)C1)N(N)C(=O)[C@@H](N)Cc1ccc(F)cc1. The van der Waals surface area contributed by atoms with E-state index in [1.165, 1.54) is 36.0 Å². The highest BCUT2D eigenvalue weighted by molar-refractivity contribution is 7.98. The van der Waals surface area contributed by atoms with Crippen molar-refractivity contribution in [2.75, 3.05) is 30.4 Å². The predicted octanol–water partition coefficient (Wildman–Crippen LogP) is 4.09. The summed E-state index contributed by atoms with van der Waals surface area (Å²) in [4.78, 5) is 40.0. The number of amides is 2. The summed E-state index contributed by atoms with van der Waals surface area (Å²) in [6.45, 7) is 1.85. The minimum Gasteiger partial charge on any atom is -0.464 e. The van der Waals surface area contributed by atoms with Crippen molar-refractivity contribution < 1.29 is 23.5 Å². The Labute approximate surface area is 256 Å². The Kier molecular flexibility index (Phi) is 15.2. The number of allylic oxidation sites excluding steroid dienone is 4. The Balaban J connectivity index is 2.38. The molecule has 1 aliphatic carbocycles. The number of nitrogens with zero attached hydrogens (tertiary/aromatic N) is 1. The molecule has 0 aromatic heterocycles. The second-order valence-electron chi connectivity index (χ2n) is 10.1. The zero-order valence-electron chi connectivity index (χ0n) is 23.6. The molecule has 4 atom stereocenters. The van der Waals surface area contributed by atoms with Crippen LogP contribution in [-0.2, 0) is 25.5 Å². The van der Waals surface area contributed by atoms with Crippen LogP contribution in [0.25, 0.3) is 0 Å². The van der Waals surface area contributed by atoms with Gasteiger partial charge in [-0.15, -0.1) is 23.2 Å². The lowest BCUT2D eigenvalue weighted by molar-refractivity contribution is -0.149. The second-order valence-corrected chi connectivity index (χ2v) is 11.8. The van der Waals surface area contributed by atoms with Crippen LogP contribution in [0.4, 0.5) is 4.39 Å². The van der Waals surface area contributed by atoms with Gasteiger partial charge in [-0.25, -0.2) is 15.0 Å². The minimum atomic E-state index is -1.17. The number of nitrogens with one attached hydrogen (secondary N) is 1. The summed E-state index contributed by atoms with van der Waals surface area (Å²) in [6.07, 6.45) is 10.1. The first-order valence-corrected chi connectivity index (χ1v) is 16.1. The summed E-state index contributed by atoms with van der Waals surface area (Å²) in [7, 11) is 0. The summed E-state index contributed by atoms with van der Waals surface area (Å²) in [5.41, 5.74) is 7.39. The number of hydrogen-bond acceptors (Lipinski definition) is 7. The predicted molar refractivity (Wildman–Crippen MR) is 164 cm³/mol. The van der Waals surface area contributed by atoms with Crippen molar-refractivity contribution in [1.29, 1.82) is 0 Å². The third-order valence-corrected chi connectivity index (χ3v) is 8.07. The topological polar surface area (TPSA) is 128 Å². The Morgan fingerprint density at radius 3 is 2.54 bits per heavy atom. The highest BCUT2D eigenvalue weighted by Crippen LogP contribution is 2.41. The number of alkyl halides is 2. The van der Waals surface area contributed by atoms with Crippen LogP contribution < -0.4 is 16.9 Å². The number of ether oxygens (including phenoxy) is 1. The molecule has 0 spiro atoms. The summed E-state index contributed by atoms with van der Waals surface area (Å²) in [5, 5.41) is 3.64. The van der Waals surface area contributed by atoms with Gasteiger partial charge in [0, 0.05) is 11.8 Å². The Morgan fingerprint density at radius 1 is 1.22 bits per heavy atom. The van der Waals surface area contributed by atoms with Crippen LogP contribution in [0.1, 0.15) is 44.6 Å². The van der Waals surface area contributed by atoms with E-state index in [1.54, 1.807) is 6.92 Å². The van der Waals surface area contributed by atoms with Crippen molar-refractivity contribution in [3.8, 4) is 0 Å². The molecule has 2 rings (SSSR count). The lowest BCUT2D eigenvalue weighted by Gasteiger charge is -2.39. The van der Waals surface area contributed by atoms with E-state index in [0.717, 1.165) is 10.6 Å². The highest BCUT2D eigenvalue weighted by atomic mass is 35.5. The molecule has 0 fully saturated rings. The Hall–Kier alpha value is -2.11. The number of rotatable bonds is 17. The maximum atomic E-state index is 13.8. The highest BCUT2D eigenvalue weighted by Gasteiger charge is 2.40. The quantitative estimate of drug-likeness (QED) is 0.0777. The molecule has 0 aliphatic heterocycles. The summed E-state index contributed by atoms with van der Waals surface area (Å²) >= 11 is 13.8. The molecule has 0 bridgehead atoms. The van der Waals surface area contributed by atoms with Gasteiger partial charge in [0.2, 0.25) is 5.91 Å². The van der Waals surface area contributed by atoms with Crippen molar-refractivity contribution in [2.24, 2.45) is 17.0 Å². The van der Waals surface area contributed by atoms with Crippen LogP contribution in [0.3, 0.4) is 0 Å². The van der Waals surface area contributed by atoms with Gasteiger partial charge in [-0.05, 0) is 80.6 Å². The molecule has 1 aromatic carbocycles. The number of esters is 1. The average molecular weight is 632 g/mol. The van der Waals surface area contributed by atoms with Gasteiger partial charge >= 0.3 is 5.97 Å². The molecule has 8 nitrogen and oxygen atoms in total. The normalized spacial score (nSPS) is 18.7. The number of nitrogens with two attached hydrogens (primary N) is 2. The monoisotopic (exact) mass is 630 g/mol. The molecule has 12 heteroatoms. The first-order valence-electron chi connectivity index (χ1n) is 13.6. The van der Waals surface area contributed by atoms with Crippen molar-refractivity contribution in [1.82, 2.24) is 10.3 Å². The fraction of sp³-hybridized carbons (Fsp3) is 0.552. The van der Waals surface area contributed by atoms with Crippen LogP contribution in [0.5, 0.6) is 0 Å². The van der Waals surface area contributed by atoms with E-state index in [9.17, 15) is 18.8 Å². The molecule has 1 unspecified atom stereocenters. The fourth-order valence-corrected chi connectivity index (χ4v) is 5.95. The second kappa shape index (κ2) is 17.8. The molecule has 228 valence electrons. The van der Waals surface area contributed by atoms with Gasteiger partial charge in [-0.2, -0.15) is 11.8 Å².